The molecule has 13 heavy (non-hydrogen) atoms. The van der Waals surface area contributed by atoms with Crippen molar-refractivity contribution >= 4 is 17.6 Å². The van der Waals surface area contributed by atoms with E-state index in [2.05, 4.69) is 16.9 Å². The number of H-pyrrole nitrogens is 1. The van der Waals surface area contributed by atoms with Gasteiger partial charge in [-0.15, -0.1) is 0 Å². The molecular weight excluding hydrogens is 170 g/mol. The first-order chi connectivity index (χ1) is 6.22. The Hall–Kier alpha value is -2.04. The second kappa shape index (κ2) is 4.10. The molecule has 5 heteroatoms. The number of rotatable bonds is 2. The number of nitrogens with one attached hydrogen (secondary N) is 3. The first kappa shape index (κ1) is 9.05. The molecule has 5 nitrogen and oxygen atoms in total. The lowest BCUT2D eigenvalue weighted by atomic mass is 10.5. The molecule has 0 aromatic carbocycles. The van der Waals surface area contributed by atoms with E-state index >= 15 is 0 Å². The van der Waals surface area contributed by atoms with E-state index in [4.69, 9.17) is 0 Å². The van der Waals surface area contributed by atoms with Gasteiger partial charge in [0.05, 0.1) is 5.69 Å². The van der Waals surface area contributed by atoms with Gasteiger partial charge in [0.2, 0.25) is 0 Å². The van der Waals surface area contributed by atoms with Crippen LogP contribution < -0.4 is 10.6 Å². The summed E-state index contributed by atoms with van der Waals surface area (Å²) in [5.41, 5.74) is 0.592. The molecule has 0 aliphatic rings. The van der Waals surface area contributed by atoms with Crippen LogP contribution in [0.25, 0.3) is 0 Å². The first-order valence-electron chi connectivity index (χ1n) is 3.59. The molecule has 0 aliphatic carbocycles. The highest BCUT2D eigenvalue weighted by atomic mass is 16.2. The summed E-state index contributed by atoms with van der Waals surface area (Å²) in [7, 11) is 0. The highest BCUT2D eigenvalue weighted by molar-refractivity contribution is 6.04. The number of hydrogen-bond acceptors (Lipinski definition) is 2. The molecule has 0 atom stereocenters. The van der Waals surface area contributed by atoms with Crippen molar-refractivity contribution in [2.75, 3.05) is 5.32 Å². The minimum absolute atomic E-state index is 0.534. The van der Waals surface area contributed by atoms with E-state index in [1.807, 2.05) is 5.32 Å². The van der Waals surface area contributed by atoms with Crippen molar-refractivity contribution < 1.29 is 9.59 Å². The van der Waals surface area contributed by atoms with Gasteiger partial charge in [-0.3, -0.25) is 10.1 Å². The van der Waals surface area contributed by atoms with E-state index in [1.54, 1.807) is 18.5 Å². The summed E-state index contributed by atoms with van der Waals surface area (Å²) < 4.78 is 0. The van der Waals surface area contributed by atoms with Crippen LogP contribution in [0.1, 0.15) is 0 Å². The molecule has 1 rings (SSSR count). The fraction of sp³-hybridized carbons (Fsp3) is 0. The maximum atomic E-state index is 11.0. The van der Waals surface area contributed by atoms with Crippen LogP contribution in [0.5, 0.6) is 0 Å². The third-order valence-electron chi connectivity index (χ3n) is 1.28. The summed E-state index contributed by atoms with van der Waals surface area (Å²) in [5.74, 6) is -0.534. The van der Waals surface area contributed by atoms with Gasteiger partial charge < -0.3 is 10.3 Å². The summed E-state index contributed by atoms with van der Waals surface area (Å²) in [5, 5.41) is 4.48. The summed E-state index contributed by atoms with van der Waals surface area (Å²) in [6.07, 6.45) is 4.28. The molecule has 68 valence electrons. The van der Waals surface area contributed by atoms with Gasteiger partial charge in [0.1, 0.15) is 0 Å². The van der Waals surface area contributed by atoms with Crippen LogP contribution in [-0.4, -0.2) is 16.9 Å². The quantitative estimate of drug-likeness (QED) is 0.589. The fourth-order valence-electron chi connectivity index (χ4n) is 0.727. The minimum Gasteiger partial charge on any atom is -0.366 e. The zero-order chi connectivity index (χ0) is 9.68. The number of hydrogen-bond donors (Lipinski definition) is 3. The van der Waals surface area contributed by atoms with E-state index in [9.17, 15) is 9.59 Å². The molecule has 3 N–H and O–H groups in total. The van der Waals surface area contributed by atoms with Gasteiger partial charge in [-0.2, -0.15) is 0 Å². The molecule has 0 aliphatic heterocycles. The molecule has 0 saturated carbocycles. The maximum Gasteiger partial charge on any atom is 0.326 e. The molecule has 0 radical (unpaired) electrons. The molecular formula is C8H9N3O2. The van der Waals surface area contributed by atoms with Crippen LogP contribution >= 0.6 is 0 Å². The van der Waals surface area contributed by atoms with Gasteiger partial charge in [0.15, 0.2) is 0 Å². The largest absolute Gasteiger partial charge is 0.366 e. The van der Waals surface area contributed by atoms with Crippen molar-refractivity contribution in [2.24, 2.45) is 0 Å². The minimum atomic E-state index is -0.579. The number of aromatic amines is 1. The second-order valence-corrected chi connectivity index (χ2v) is 2.25. The number of carbonyl (C=O) groups is 2. The van der Waals surface area contributed by atoms with E-state index in [0.717, 1.165) is 6.08 Å². The summed E-state index contributed by atoms with van der Waals surface area (Å²) >= 11 is 0. The Labute approximate surface area is 74.8 Å². The van der Waals surface area contributed by atoms with Crippen molar-refractivity contribution in [3.8, 4) is 0 Å². The molecule has 0 bridgehead atoms. The topological polar surface area (TPSA) is 74.0 Å². The highest BCUT2D eigenvalue weighted by Crippen LogP contribution is 2.02. The van der Waals surface area contributed by atoms with Gasteiger partial charge in [0, 0.05) is 12.4 Å². The summed E-state index contributed by atoms with van der Waals surface area (Å²) in [6.45, 7) is 3.21. The van der Waals surface area contributed by atoms with Gasteiger partial charge in [-0.25, -0.2) is 4.79 Å². The maximum absolute atomic E-state index is 11.0. The van der Waals surface area contributed by atoms with Gasteiger partial charge >= 0.3 is 6.03 Å². The van der Waals surface area contributed by atoms with Crippen LogP contribution in [0.3, 0.4) is 0 Å². The Morgan fingerprint density at radius 3 is 2.85 bits per heavy atom. The third kappa shape index (κ3) is 2.82. The average molecular weight is 179 g/mol. The normalized spacial score (nSPS) is 8.92. The predicted octanol–water partition coefficient (Wildman–Crippen LogP) is 0.849. The van der Waals surface area contributed by atoms with Crippen LogP contribution in [0.4, 0.5) is 10.5 Å². The number of aromatic nitrogens is 1. The first-order valence-corrected chi connectivity index (χ1v) is 3.59. The molecule has 0 fully saturated rings. The van der Waals surface area contributed by atoms with Crippen molar-refractivity contribution in [3.05, 3.63) is 31.1 Å². The molecule has 1 aromatic heterocycles. The Balaban J connectivity index is 2.42. The number of amides is 3. The lowest BCUT2D eigenvalue weighted by Crippen LogP contribution is -2.32. The number of urea groups is 1. The van der Waals surface area contributed by atoms with E-state index in [1.165, 1.54) is 0 Å². The number of imide groups is 1. The Kier molecular flexibility index (Phi) is 2.86. The van der Waals surface area contributed by atoms with Crippen molar-refractivity contribution in [2.45, 2.75) is 0 Å². The standard InChI is InChI=1S/C8H9N3O2/c1-2-7(12)11-8(13)10-6-3-4-9-5-6/h2-5,9H,1H2,(H2,10,11,12,13). The smallest absolute Gasteiger partial charge is 0.326 e. The zero-order valence-electron chi connectivity index (χ0n) is 6.83. The van der Waals surface area contributed by atoms with Gasteiger partial charge in [0.25, 0.3) is 5.91 Å². The molecule has 3 amide bonds. The Bertz CT molecular complexity index is 316. The monoisotopic (exact) mass is 179 g/mol. The van der Waals surface area contributed by atoms with Gasteiger partial charge in [-0.05, 0) is 12.1 Å². The lowest BCUT2D eigenvalue weighted by Gasteiger charge is -2.01. The van der Waals surface area contributed by atoms with Crippen LogP contribution in [0, 0.1) is 0 Å². The van der Waals surface area contributed by atoms with E-state index < -0.39 is 11.9 Å². The summed E-state index contributed by atoms with van der Waals surface area (Å²) in [6, 6.07) is 1.09. The molecule has 0 unspecified atom stereocenters. The number of anilines is 1. The Morgan fingerprint density at radius 2 is 2.31 bits per heavy atom. The second-order valence-electron chi connectivity index (χ2n) is 2.25. The molecule has 1 heterocycles. The Morgan fingerprint density at radius 1 is 1.54 bits per heavy atom. The predicted molar refractivity (Wildman–Crippen MR) is 48.2 cm³/mol. The van der Waals surface area contributed by atoms with Crippen molar-refractivity contribution in [1.82, 2.24) is 10.3 Å². The zero-order valence-corrected chi connectivity index (χ0v) is 6.83. The third-order valence-corrected chi connectivity index (χ3v) is 1.28. The molecule has 1 aromatic rings. The van der Waals surface area contributed by atoms with Crippen LogP contribution in [-0.2, 0) is 4.79 Å². The number of carbonyl (C=O) groups excluding carboxylic acids is 2. The van der Waals surface area contributed by atoms with Crippen molar-refractivity contribution in [1.29, 1.82) is 0 Å². The van der Waals surface area contributed by atoms with E-state index in [0.29, 0.717) is 5.69 Å². The van der Waals surface area contributed by atoms with Gasteiger partial charge in [-0.1, -0.05) is 6.58 Å². The lowest BCUT2D eigenvalue weighted by molar-refractivity contribution is -0.115. The fourth-order valence-corrected chi connectivity index (χ4v) is 0.727. The van der Waals surface area contributed by atoms with Crippen LogP contribution in [0.15, 0.2) is 31.1 Å². The van der Waals surface area contributed by atoms with Crippen LogP contribution in [0.2, 0.25) is 0 Å². The SMILES string of the molecule is C=CC(=O)NC(=O)Nc1cc[nH]c1. The van der Waals surface area contributed by atoms with E-state index in [-0.39, 0.29) is 0 Å². The molecule has 0 spiro atoms. The average Bonchev–Trinajstić information content (AvgIpc) is 2.56. The highest BCUT2D eigenvalue weighted by Gasteiger charge is 2.03. The van der Waals surface area contributed by atoms with Crippen molar-refractivity contribution in [3.63, 3.8) is 0 Å². The molecule has 0 saturated heterocycles. The summed E-state index contributed by atoms with van der Waals surface area (Å²) in [4.78, 5) is 24.4.